The number of hydrogen-bond acceptors (Lipinski definition) is 8. The third-order valence-corrected chi connectivity index (χ3v) is 5.62. The maximum atomic E-state index is 13.0. The van der Waals surface area contributed by atoms with Crippen molar-refractivity contribution in [2.24, 2.45) is 0 Å². The highest BCUT2D eigenvalue weighted by Gasteiger charge is 2.30. The zero-order chi connectivity index (χ0) is 25.7. The average Bonchev–Trinajstić information content (AvgIpc) is 3.56. The third-order valence-electron chi connectivity index (χ3n) is 5.29. The maximum Gasteiger partial charge on any atom is 0.389 e. The fraction of sp³-hybridized carbons (Fsp3) is 0.292. The lowest BCUT2D eigenvalue weighted by Gasteiger charge is -2.15. The molecule has 1 fully saturated rings. The number of carbonyl (C=O) groups is 1. The van der Waals surface area contributed by atoms with Gasteiger partial charge in [-0.3, -0.25) is 9.69 Å². The quantitative estimate of drug-likeness (QED) is 0.178. The van der Waals surface area contributed by atoms with Crippen LogP contribution in [-0.4, -0.2) is 50.4 Å². The first-order valence-electron chi connectivity index (χ1n) is 11.4. The van der Waals surface area contributed by atoms with E-state index < -0.39 is 4.92 Å². The van der Waals surface area contributed by atoms with Crippen LogP contribution >= 0.6 is 12.2 Å². The number of hydrogen-bond donors (Lipinski definition) is 1. The van der Waals surface area contributed by atoms with Gasteiger partial charge in [0.1, 0.15) is 23.8 Å². The molecule has 0 atom stereocenters. The van der Waals surface area contributed by atoms with Crippen LogP contribution in [0.25, 0.3) is 6.08 Å². The Labute approximate surface area is 212 Å². The van der Waals surface area contributed by atoms with Gasteiger partial charge in [-0.15, -0.1) is 0 Å². The first-order valence-corrected chi connectivity index (χ1v) is 11.8. The number of nitrogens with one attached hydrogen (secondary N) is 1. The predicted molar refractivity (Wildman–Crippen MR) is 135 cm³/mol. The highest BCUT2D eigenvalue weighted by molar-refractivity contribution is 7.80. The van der Waals surface area contributed by atoms with Crippen molar-refractivity contribution in [3.63, 3.8) is 0 Å². The summed E-state index contributed by atoms with van der Waals surface area (Å²) in [5.74, 6) is 1.84. The molecule has 4 rings (SSSR count). The van der Waals surface area contributed by atoms with Crippen molar-refractivity contribution in [1.82, 2.24) is 20.0 Å². The minimum atomic E-state index is -0.561. The van der Waals surface area contributed by atoms with Crippen molar-refractivity contribution in [3.8, 4) is 11.5 Å². The Bertz CT molecular complexity index is 1310. The lowest BCUT2D eigenvalue weighted by atomic mass is 10.1. The highest BCUT2D eigenvalue weighted by Crippen LogP contribution is 2.29. The van der Waals surface area contributed by atoms with Gasteiger partial charge in [0, 0.05) is 12.6 Å². The van der Waals surface area contributed by atoms with Crippen LogP contribution < -0.4 is 14.8 Å². The number of ether oxygens (including phenoxy) is 2. The van der Waals surface area contributed by atoms with E-state index in [2.05, 4.69) is 10.4 Å². The molecule has 36 heavy (non-hydrogen) atoms. The molecule has 0 aliphatic carbocycles. The predicted octanol–water partition coefficient (Wildman–Crippen LogP) is 3.53. The molecule has 1 saturated heterocycles. The van der Waals surface area contributed by atoms with E-state index in [1.165, 1.54) is 21.8 Å². The van der Waals surface area contributed by atoms with Gasteiger partial charge in [0.25, 0.3) is 5.91 Å². The molecular formula is C24H25N5O6S. The second-order valence-corrected chi connectivity index (χ2v) is 8.16. The normalized spacial score (nSPS) is 14.4. The van der Waals surface area contributed by atoms with Gasteiger partial charge in [-0.05, 0) is 67.2 Å². The van der Waals surface area contributed by atoms with Crippen LogP contribution in [0.4, 0.5) is 5.82 Å². The van der Waals surface area contributed by atoms with Gasteiger partial charge >= 0.3 is 5.82 Å². The molecule has 3 heterocycles. The van der Waals surface area contributed by atoms with E-state index in [1.54, 1.807) is 18.2 Å². The summed E-state index contributed by atoms with van der Waals surface area (Å²) in [6.45, 7) is 5.50. The van der Waals surface area contributed by atoms with Crippen molar-refractivity contribution in [3.05, 3.63) is 75.5 Å². The van der Waals surface area contributed by atoms with E-state index in [-0.39, 0.29) is 18.3 Å². The van der Waals surface area contributed by atoms with E-state index in [0.29, 0.717) is 60.0 Å². The van der Waals surface area contributed by atoms with Gasteiger partial charge < -0.3 is 29.3 Å². The summed E-state index contributed by atoms with van der Waals surface area (Å²) in [6.07, 6.45) is 3.65. The van der Waals surface area contributed by atoms with Crippen LogP contribution in [0, 0.1) is 10.1 Å². The molecule has 0 saturated carbocycles. The minimum Gasteiger partial charge on any atom is -0.490 e. The Kier molecular flexibility index (Phi) is 7.64. The topological polar surface area (TPSA) is 125 Å². The van der Waals surface area contributed by atoms with Crippen LogP contribution in [0.1, 0.15) is 30.9 Å². The lowest BCUT2D eigenvalue weighted by molar-refractivity contribution is -0.389. The van der Waals surface area contributed by atoms with E-state index in [4.69, 9.17) is 26.1 Å². The molecule has 3 aromatic rings. The Morgan fingerprint density at radius 1 is 1.17 bits per heavy atom. The molecule has 11 nitrogen and oxygen atoms in total. The number of carbonyl (C=O) groups excluding carboxylic acids is 1. The largest absolute Gasteiger partial charge is 0.490 e. The first-order chi connectivity index (χ1) is 17.4. The molecule has 0 spiro atoms. The van der Waals surface area contributed by atoms with Crippen LogP contribution in [0.2, 0.25) is 0 Å². The molecule has 12 heteroatoms. The summed E-state index contributed by atoms with van der Waals surface area (Å²) < 4.78 is 18.4. The molecule has 1 amide bonds. The summed E-state index contributed by atoms with van der Waals surface area (Å²) in [4.78, 5) is 24.7. The second kappa shape index (κ2) is 11.0. The third kappa shape index (κ3) is 5.71. The summed E-state index contributed by atoms with van der Waals surface area (Å²) in [5, 5.41) is 17.9. The SMILES string of the molecule is CCOc1ccc(CCN2C(=O)/C(=C\c3ccc(Cn4ccc([N+](=O)[O-])n4)o3)NC2=S)cc1OCC. The molecule has 0 radical (unpaired) electrons. The molecule has 1 aliphatic rings. The number of furan rings is 1. The highest BCUT2D eigenvalue weighted by atomic mass is 32.1. The molecular weight excluding hydrogens is 486 g/mol. The van der Waals surface area contributed by atoms with Crippen molar-refractivity contribution < 1.29 is 23.6 Å². The summed E-state index contributed by atoms with van der Waals surface area (Å²) in [5.41, 5.74) is 1.29. The molecule has 0 unspecified atom stereocenters. The van der Waals surface area contributed by atoms with Crippen molar-refractivity contribution in [1.29, 1.82) is 0 Å². The van der Waals surface area contributed by atoms with Crippen molar-refractivity contribution in [2.45, 2.75) is 26.8 Å². The number of amides is 1. The van der Waals surface area contributed by atoms with Crippen LogP contribution in [0.3, 0.4) is 0 Å². The molecule has 188 valence electrons. The fourth-order valence-electron chi connectivity index (χ4n) is 3.66. The summed E-state index contributed by atoms with van der Waals surface area (Å²) in [7, 11) is 0. The van der Waals surface area contributed by atoms with Crippen LogP contribution in [-0.2, 0) is 17.8 Å². The lowest BCUT2D eigenvalue weighted by Crippen LogP contribution is -2.32. The monoisotopic (exact) mass is 511 g/mol. The van der Waals surface area contributed by atoms with Crippen molar-refractivity contribution in [2.75, 3.05) is 19.8 Å². The van der Waals surface area contributed by atoms with E-state index in [9.17, 15) is 14.9 Å². The number of rotatable bonds is 11. The number of benzene rings is 1. The first kappa shape index (κ1) is 24.9. The number of nitrogens with zero attached hydrogens (tertiary/aromatic N) is 4. The zero-order valence-corrected chi connectivity index (χ0v) is 20.6. The Morgan fingerprint density at radius 2 is 1.94 bits per heavy atom. The Hall–Kier alpha value is -4.19. The van der Waals surface area contributed by atoms with Gasteiger partial charge in [-0.2, -0.15) is 4.68 Å². The van der Waals surface area contributed by atoms with Crippen LogP contribution in [0.5, 0.6) is 11.5 Å². The zero-order valence-electron chi connectivity index (χ0n) is 19.8. The van der Waals surface area contributed by atoms with E-state index in [1.807, 2.05) is 32.0 Å². The smallest absolute Gasteiger partial charge is 0.389 e. The average molecular weight is 512 g/mol. The minimum absolute atomic E-state index is 0.217. The summed E-state index contributed by atoms with van der Waals surface area (Å²) in [6, 6.07) is 10.5. The second-order valence-electron chi connectivity index (χ2n) is 7.77. The summed E-state index contributed by atoms with van der Waals surface area (Å²) >= 11 is 5.38. The van der Waals surface area contributed by atoms with Gasteiger partial charge in [-0.1, -0.05) is 6.07 Å². The van der Waals surface area contributed by atoms with Gasteiger partial charge in [-0.25, -0.2) is 0 Å². The van der Waals surface area contributed by atoms with Gasteiger partial charge in [0.2, 0.25) is 0 Å². The van der Waals surface area contributed by atoms with Gasteiger partial charge in [0.15, 0.2) is 16.6 Å². The Balaban J connectivity index is 1.39. The van der Waals surface area contributed by atoms with Gasteiger partial charge in [0.05, 0.1) is 30.6 Å². The molecule has 1 aromatic carbocycles. The fourth-order valence-corrected chi connectivity index (χ4v) is 3.95. The maximum absolute atomic E-state index is 13.0. The molecule has 2 aromatic heterocycles. The number of thiocarbonyl (C=S) groups is 1. The van der Waals surface area contributed by atoms with E-state index >= 15 is 0 Å². The Morgan fingerprint density at radius 3 is 2.67 bits per heavy atom. The van der Waals surface area contributed by atoms with E-state index in [0.717, 1.165) is 5.56 Å². The molecule has 1 N–H and O–H groups in total. The standard InChI is InChI=1S/C24H25N5O6S/c1-3-33-20-8-5-16(13-21(20)34-4-2)9-12-28-23(30)19(25-24(28)36)14-17-6-7-18(35-17)15-27-11-10-22(26-27)29(31)32/h5-8,10-11,13-14H,3-4,9,12,15H2,1-2H3,(H,25,36)/b19-14+. The van der Waals surface area contributed by atoms with Crippen molar-refractivity contribution >= 4 is 35.1 Å². The molecule has 1 aliphatic heterocycles. The van der Waals surface area contributed by atoms with Crippen LogP contribution in [0.15, 0.2) is 52.7 Å². The number of nitro groups is 1. The molecule has 0 bridgehead atoms. The number of aromatic nitrogens is 2.